The number of hydrogen-bond acceptors (Lipinski definition) is 5. The molecule has 1 heterocycles. The monoisotopic (exact) mass is 319 g/mol. The van der Waals surface area contributed by atoms with Crippen molar-refractivity contribution >= 4 is 21.4 Å². The molecular weight excluding hydrogens is 294 g/mol. The first-order valence-electron chi connectivity index (χ1n) is 6.77. The van der Waals surface area contributed by atoms with Crippen molar-refractivity contribution in [3.05, 3.63) is 16.3 Å². The Morgan fingerprint density at radius 1 is 1.25 bits per heavy atom. The normalized spacial score (nSPS) is 12.5. The molecule has 0 aliphatic carbocycles. The van der Waals surface area contributed by atoms with E-state index in [4.69, 9.17) is 0 Å². The topological polar surface area (TPSA) is 52.7 Å². The maximum absolute atomic E-state index is 12.4. The van der Waals surface area contributed by atoms with E-state index in [0.717, 1.165) is 30.9 Å². The van der Waals surface area contributed by atoms with Gasteiger partial charge in [-0.15, -0.1) is 11.3 Å². The maximum atomic E-state index is 12.4. The van der Waals surface area contributed by atoms with Crippen molar-refractivity contribution in [1.82, 2.24) is 14.5 Å². The first-order chi connectivity index (χ1) is 9.37. The molecule has 5 nitrogen and oxygen atoms in total. The molecule has 0 bridgehead atoms. The summed E-state index contributed by atoms with van der Waals surface area (Å²) in [7, 11) is 2.27. The highest BCUT2D eigenvalue weighted by Crippen LogP contribution is 2.22. The molecule has 0 atom stereocenters. The quantitative estimate of drug-likeness (QED) is 0.748. The second-order valence-corrected chi connectivity index (χ2v) is 8.05. The molecule has 0 amide bonds. The van der Waals surface area contributed by atoms with E-state index in [-0.39, 0.29) is 0 Å². The molecule has 1 N–H and O–H groups in total. The minimum atomic E-state index is -3.34. The summed E-state index contributed by atoms with van der Waals surface area (Å²) < 4.78 is 26.2. The lowest BCUT2D eigenvalue weighted by Gasteiger charge is -2.17. The van der Waals surface area contributed by atoms with Crippen LogP contribution in [0.5, 0.6) is 0 Å². The second kappa shape index (κ2) is 8.09. The fraction of sp³-hybridized carbons (Fsp3) is 0.692. The lowest BCUT2D eigenvalue weighted by Crippen LogP contribution is -2.29. The number of nitrogens with one attached hydrogen (secondary N) is 1. The van der Waals surface area contributed by atoms with E-state index in [1.54, 1.807) is 18.5 Å². The predicted octanol–water partition coefficient (Wildman–Crippen LogP) is 1.43. The Balaban J connectivity index is 2.64. The third kappa shape index (κ3) is 5.14. The molecule has 0 spiro atoms. The van der Waals surface area contributed by atoms with E-state index < -0.39 is 10.0 Å². The minimum absolute atomic E-state index is 0.405. The highest BCUT2D eigenvalue weighted by atomic mass is 32.2. The zero-order chi connectivity index (χ0) is 15.2. The Hall–Kier alpha value is -0.470. The van der Waals surface area contributed by atoms with E-state index in [0.29, 0.717) is 11.4 Å². The number of rotatable bonds is 9. The lowest BCUT2D eigenvalue weighted by molar-refractivity contribution is 0.370. The Labute approximate surface area is 126 Å². The molecule has 116 valence electrons. The Bertz CT molecular complexity index is 497. The summed E-state index contributed by atoms with van der Waals surface area (Å²) in [6.07, 6.45) is 0.830. The average molecular weight is 319 g/mol. The summed E-state index contributed by atoms with van der Waals surface area (Å²) >= 11 is 1.49. The van der Waals surface area contributed by atoms with E-state index in [1.165, 1.54) is 15.6 Å². The van der Waals surface area contributed by atoms with Gasteiger partial charge in [0.05, 0.1) is 4.90 Å². The molecule has 0 saturated heterocycles. The van der Waals surface area contributed by atoms with Crippen LogP contribution in [0.1, 0.15) is 18.2 Å². The molecule has 0 fully saturated rings. The largest absolute Gasteiger partial charge is 0.312 e. The molecule has 1 aromatic rings. The Kier molecular flexibility index (Phi) is 7.11. The van der Waals surface area contributed by atoms with Gasteiger partial charge in [-0.05, 0) is 39.7 Å². The van der Waals surface area contributed by atoms with Crippen LogP contribution in [-0.2, 0) is 16.6 Å². The van der Waals surface area contributed by atoms with Gasteiger partial charge in [-0.3, -0.25) is 0 Å². The summed E-state index contributed by atoms with van der Waals surface area (Å²) in [5.41, 5.74) is 0. The van der Waals surface area contributed by atoms with Crippen molar-refractivity contribution in [3.8, 4) is 0 Å². The van der Waals surface area contributed by atoms with Crippen molar-refractivity contribution in [2.24, 2.45) is 0 Å². The number of thiophene rings is 1. The van der Waals surface area contributed by atoms with Crippen LogP contribution in [0.3, 0.4) is 0 Å². The molecule has 1 rings (SSSR count). The van der Waals surface area contributed by atoms with E-state index >= 15 is 0 Å². The fourth-order valence-corrected chi connectivity index (χ4v) is 4.19. The van der Waals surface area contributed by atoms with Crippen LogP contribution in [0.2, 0.25) is 0 Å². The first kappa shape index (κ1) is 17.6. The van der Waals surface area contributed by atoms with Crippen molar-refractivity contribution in [1.29, 1.82) is 0 Å². The molecule has 0 unspecified atom stereocenters. The van der Waals surface area contributed by atoms with Gasteiger partial charge in [0, 0.05) is 30.4 Å². The van der Waals surface area contributed by atoms with Crippen LogP contribution in [-0.4, -0.2) is 58.4 Å². The number of nitrogens with zero attached hydrogens (tertiary/aromatic N) is 2. The van der Waals surface area contributed by atoms with Crippen LogP contribution in [0.15, 0.2) is 16.3 Å². The van der Waals surface area contributed by atoms with Gasteiger partial charge in [0.25, 0.3) is 0 Å². The molecule has 0 aromatic carbocycles. The summed E-state index contributed by atoms with van der Waals surface area (Å²) in [4.78, 5) is 3.51. The summed E-state index contributed by atoms with van der Waals surface area (Å²) in [5, 5.41) is 4.93. The number of sulfonamides is 1. The van der Waals surface area contributed by atoms with Crippen molar-refractivity contribution in [2.75, 3.05) is 40.8 Å². The van der Waals surface area contributed by atoms with Crippen molar-refractivity contribution in [2.45, 2.75) is 24.8 Å². The molecular formula is C13H25N3O2S2. The van der Waals surface area contributed by atoms with Crippen LogP contribution >= 0.6 is 11.3 Å². The van der Waals surface area contributed by atoms with E-state index in [2.05, 4.69) is 10.2 Å². The highest BCUT2D eigenvalue weighted by molar-refractivity contribution is 7.89. The van der Waals surface area contributed by atoms with Crippen molar-refractivity contribution in [3.63, 3.8) is 0 Å². The van der Waals surface area contributed by atoms with Crippen LogP contribution < -0.4 is 5.32 Å². The Morgan fingerprint density at radius 3 is 2.55 bits per heavy atom. The van der Waals surface area contributed by atoms with Gasteiger partial charge in [-0.1, -0.05) is 6.92 Å². The van der Waals surface area contributed by atoms with Crippen molar-refractivity contribution < 1.29 is 8.42 Å². The van der Waals surface area contributed by atoms with Gasteiger partial charge in [0.15, 0.2) is 0 Å². The summed E-state index contributed by atoms with van der Waals surface area (Å²) in [5.74, 6) is 0. The van der Waals surface area contributed by atoms with Gasteiger partial charge < -0.3 is 10.2 Å². The van der Waals surface area contributed by atoms with E-state index in [9.17, 15) is 8.42 Å². The van der Waals surface area contributed by atoms with Gasteiger partial charge in [-0.25, -0.2) is 12.7 Å². The Morgan fingerprint density at radius 2 is 1.95 bits per heavy atom. The molecule has 20 heavy (non-hydrogen) atoms. The molecule has 0 aliphatic rings. The summed E-state index contributed by atoms with van der Waals surface area (Å²) in [6, 6.07) is 1.77. The third-order valence-electron chi connectivity index (χ3n) is 2.97. The van der Waals surface area contributed by atoms with Crippen LogP contribution in [0.25, 0.3) is 0 Å². The molecule has 0 saturated carbocycles. The minimum Gasteiger partial charge on any atom is -0.312 e. The number of hydrogen-bond donors (Lipinski definition) is 1. The first-order valence-corrected chi connectivity index (χ1v) is 9.09. The van der Waals surface area contributed by atoms with Gasteiger partial charge >= 0.3 is 0 Å². The van der Waals surface area contributed by atoms with Gasteiger partial charge in [0.2, 0.25) is 10.0 Å². The zero-order valence-electron chi connectivity index (χ0n) is 12.7. The summed E-state index contributed by atoms with van der Waals surface area (Å²) in [6.45, 7) is 5.06. The van der Waals surface area contributed by atoms with Gasteiger partial charge in [0.1, 0.15) is 0 Å². The standard InChI is InChI=1S/C13H25N3O2S2/c1-5-14-10-12-9-13(11-19-12)20(17,18)16(4)8-6-7-15(2)3/h9,11,14H,5-8,10H2,1-4H3. The zero-order valence-corrected chi connectivity index (χ0v) is 14.4. The lowest BCUT2D eigenvalue weighted by atomic mass is 10.4. The molecule has 7 heteroatoms. The maximum Gasteiger partial charge on any atom is 0.243 e. The molecule has 1 aromatic heterocycles. The third-order valence-corrected chi connectivity index (χ3v) is 5.89. The predicted molar refractivity (Wildman–Crippen MR) is 84.7 cm³/mol. The SMILES string of the molecule is CCNCc1cc(S(=O)(=O)N(C)CCCN(C)C)cs1. The smallest absolute Gasteiger partial charge is 0.243 e. The molecule has 0 radical (unpaired) electrons. The fourth-order valence-electron chi connectivity index (χ4n) is 1.75. The van der Waals surface area contributed by atoms with E-state index in [1.807, 2.05) is 21.0 Å². The van der Waals surface area contributed by atoms with Crippen LogP contribution in [0, 0.1) is 0 Å². The van der Waals surface area contributed by atoms with Gasteiger partial charge in [-0.2, -0.15) is 0 Å². The molecule has 0 aliphatic heterocycles. The average Bonchev–Trinajstić information content (AvgIpc) is 2.85. The van der Waals surface area contributed by atoms with Crippen LogP contribution in [0.4, 0.5) is 0 Å². The second-order valence-electron chi connectivity index (χ2n) is 5.01. The highest BCUT2D eigenvalue weighted by Gasteiger charge is 2.21.